The Morgan fingerprint density at radius 2 is 1.55 bits per heavy atom. The van der Waals surface area contributed by atoms with E-state index in [1.807, 2.05) is 0 Å². The molecule has 2 aromatic rings. The first-order chi connectivity index (χ1) is 10.4. The van der Waals surface area contributed by atoms with Crippen LogP contribution in [0.4, 0.5) is 0 Å². The van der Waals surface area contributed by atoms with Gasteiger partial charge < -0.3 is 0 Å². The second-order valence-corrected chi connectivity index (χ2v) is 7.93. The van der Waals surface area contributed by atoms with Crippen LogP contribution in [0.25, 0.3) is 0 Å². The van der Waals surface area contributed by atoms with Crippen LogP contribution in [0.1, 0.15) is 62.3 Å². The molecule has 0 fully saturated rings. The predicted molar refractivity (Wildman–Crippen MR) is 95.5 cm³/mol. The first kappa shape index (κ1) is 15.3. The maximum Gasteiger partial charge on any atom is -0.0132 e. The van der Waals surface area contributed by atoms with Crippen LogP contribution in [0.15, 0.2) is 48.5 Å². The molecule has 0 heterocycles. The van der Waals surface area contributed by atoms with Crippen molar-refractivity contribution in [1.29, 1.82) is 0 Å². The Labute approximate surface area is 135 Å². The summed E-state index contributed by atoms with van der Waals surface area (Å²) in [5.41, 5.74) is 6.30. The summed E-state index contributed by atoms with van der Waals surface area (Å²) in [6.45, 7) is 9.25. The Hall–Kier alpha value is -1.56. The topological polar surface area (TPSA) is 0 Å². The van der Waals surface area contributed by atoms with Gasteiger partial charge in [-0.1, -0.05) is 76.2 Å². The normalized spacial score (nSPS) is 19.5. The maximum absolute atomic E-state index is 2.41. The Bertz CT molecular complexity index is 628. The Morgan fingerprint density at radius 1 is 0.909 bits per heavy atom. The van der Waals surface area contributed by atoms with Gasteiger partial charge in [-0.25, -0.2) is 0 Å². The molecule has 0 spiro atoms. The van der Waals surface area contributed by atoms with Crippen LogP contribution in [0.5, 0.6) is 0 Å². The van der Waals surface area contributed by atoms with Crippen LogP contribution in [-0.4, -0.2) is 0 Å². The lowest BCUT2D eigenvalue weighted by molar-refractivity contribution is 0.394. The second-order valence-electron chi connectivity index (χ2n) is 7.93. The third-order valence-corrected chi connectivity index (χ3v) is 5.39. The van der Waals surface area contributed by atoms with Gasteiger partial charge in [-0.3, -0.25) is 0 Å². The van der Waals surface area contributed by atoms with Crippen LogP contribution in [0.3, 0.4) is 0 Å². The standard InChI is InChI=1S/C22H28/c1-16(17-11-13-21(14-12-17)22(2,3)4)19-10-9-18-7-5-6-8-20(18)15-19/h5-8,11-14,16,19H,9-10,15H2,1-4H3. The highest BCUT2D eigenvalue weighted by Gasteiger charge is 2.24. The van der Waals surface area contributed by atoms with Gasteiger partial charge in [0.05, 0.1) is 0 Å². The summed E-state index contributed by atoms with van der Waals surface area (Å²) >= 11 is 0. The van der Waals surface area contributed by atoms with E-state index in [4.69, 9.17) is 0 Å². The molecule has 22 heavy (non-hydrogen) atoms. The maximum atomic E-state index is 2.41. The highest BCUT2D eigenvalue weighted by atomic mass is 14.3. The molecule has 3 rings (SSSR count). The van der Waals surface area contributed by atoms with Crippen molar-refractivity contribution in [3.05, 3.63) is 70.8 Å². The van der Waals surface area contributed by atoms with E-state index in [2.05, 4.69) is 76.2 Å². The molecule has 0 N–H and O–H groups in total. The van der Waals surface area contributed by atoms with Gasteiger partial charge in [-0.05, 0) is 58.8 Å². The Balaban J connectivity index is 1.76. The summed E-state index contributed by atoms with van der Waals surface area (Å²) in [7, 11) is 0. The van der Waals surface area contributed by atoms with E-state index in [0.717, 1.165) is 5.92 Å². The third-order valence-electron chi connectivity index (χ3n) is 5.39. The molecule has 0 heteroatoms. The summed E-state index contributed by atoms with van der Waals surface area (Å²) in [6, 6.07) is 18.3. The number of hydrogen-bond donors (Lipinski definition) is 0. The van der Waals surface area contributed by atoms with Gasteiger partial charge in [0.15, 0.2) is 0 Å². The first-order valence-corrected chi connectivity index (χ1v) is 8.62. The van der Waals surface area contributed by atoms with Crippen molar-refractivity contribution in [2.45, 2.75) is 58.3 Å². The summed E-state index contributed by atoms with van der Waals surface area (Å²) in [4.78, 5) is 0. The fraction of sp³-hybridized carbons (Fsp3) is 0.455. The quantitative estimate of drug-likeness (QED) is 0.647. The molecular formula is C22H28. The zero-order chi connectivity index (χ0) is 15.7. The van der Waals surface area contributed by atoms with Gasteiger partial charge in [0.2, 0.25) is 0 Å². The van der Waals surface area contributed by atoms with Crippen molar-refractivity contribution in [3.63, 3.8) is 0 Å². The van der Waals surface area contributed by atoms with Crippen molar-refractivity contribution in [1.82, 2.24) is 0 Å². The molecule has 0 radical (unpaired) electrons. The second kappa shape index (κ2) is 5.91. The molecule has 0 nitrogen and oxygen atoms in total. The highest BCUT2D eigenvalue weighted by molar-refractivity contribution is 5.33. The molecule has 0 aromatic heterocycles. The van der Waals surface area contributed by atoms with Crippen LogP contribution < -0.4 is 0 Å². The molecule has 0 aliphatic heterocycles. The molecule has 0 saturated heterocycles. The zero-order valence-electron chi connectivity index (χ0n) is 14.4. The number of fused-ring (bicyclic) bond motifs is 1. The summed E-state index contributed by atoms with van der Waals surface area (Å²) in [6.07, 6.45) is 3.79. The lowest BCUT2D eigenvalue weighted by Gasteiger charge is -2.30. The van der Waals surface area contributed by atoms with E-state index >= 15 is 0 Å². The summed E-state index contributed by atoms with van der Waals surface area (Å²) in [5.74, 6) is 1.41. The zero-order valence-corrected chi connectivity index (χ0v) is 14.4. The van der Waals surface area contributed by atoms with E-state index in [1.165, 1.54) is 30.4 Å². The average molecular weight is 292 g/mol. The number of rotatable bonds is 2. The fourth-order valence-electron chi connectivity index (χ4n) is 3.71. The van der Waals surface area contributed by atoms with Gasteiger partial charge >= 0.3 is 0 Å². The van der Waals surface area contributed by atoms with Crippen LogP contribution in [-0.2, 0) is 18.3 Å². The Morgan fingerprint density at radius 3 is 2.18 bits per heavy atom. The fourth-order valence-corrected chi connectivity index (χ4v) is 3.71. The number of hydrogen-bond acceptors (Lipinski definition) is 0. The molecule has 2 unspecified atom stereocenters. The number of aryl methyl sites for hydroxylation is 1. The molecule has 116 valence electrons. The van der Waals surface area contributed by atoms with Gasteiger partial charge in [0.25, 0.3) is 0 Å². The minimum atomic E-state index is 0.242. The van der Waals surface area contributed by atoms with E-state index < -0.39 is 0 Å². The van der Waals surface area contributed by atoms with Crippen molar-refractivity contribution in [3.8, 4) is 0 Å². The van der Waals surface area contributed by atoms with E-state index in [0.29, 0.717) is 5.92 Å². The molecule has 2 aromatic carbocycles. The summed E-state index contributed by atoms with van der Waals surface area (Å²) < 4.78 is 0. The minimum absolute atomic E-state index is 0.242. The average Bonchev–Trinajstić information content (AvgIpc) is 2.53. The Kier molecular flexibility index (Phi) is 4.12. The predicted octanol–water partition coefficient (Wildman–Crippen LogP) is 5.89. The van der Waals surface area contributed by atoms with E-state index in [9.17, 15) is 0 Å². The van der Waals surface area contributed by atoms with Crippen LogP contribution >= 0.6 is 0 Å². The number of benzene rings is 2. The van der Waals surface area contributed by atoms with E-state index in [1.54, 1.807) is 11.1 Å². The van der Waals surface area contributed by atoms with Gasteiger partial charge in [0, 0.05) is 0 Å². The van der Waals surface area contributed by atoms with Crippen molar-refractivity contribution >= 4 is 0 Å². The highest BCUT2D eigenvalue weighted by Crippen LogP contribution is 2.36. The van der Waals surface area contributed by atoms with Crippen LogP contribution in [0.2, 0.25) is 0 Å². The van der Waals surface area contributed by atoms with Crippen molar-refractivity contribution in [2.24, 2.45) is 5.92 Å². The monoisotopic (exact) mass is 292 g/mol. The van der Waals surface area contributed by atoms with Crippen molar-refractivity contribution < 1.29 is 0 Å². The lowest BCUT2D eigenvalue weighted by Crippen LogP contribution is -2.20. The third kappa shape index (κ3) is 3.11. The van der Waals surface area contributed by atoms with Crippen LogP contribution in [0, 0.1) is 5.92 Å². The molecule has 0 bridgehead atoms. The SMILES string of the molecule is CC(c1ccc(C(C)(C)C)cc1)C1CCc2ccccc2C1. The van der Waals surface area contributed by atoms with Gasteiger partial charge in [0.1, 0.15) is 0 Å². The van der Waals surface area contributed by atoms with E-state index in [-0.39, 0.29) is 5.41 Å². The largest absolute Gasteiger partial charge is 0.0620 e. The molecule has 1 aliphatic carbocycles. The first-order valence-electron chi connectivity index (χ1n) is 8.62. The van der Waals surface area contributed by atoms with Crippen molar-refractivity contribution in [2.75, 3.05) is 0 Å². The molecule has 2 atom stereocenters. The van der Waals surface area contributed by atoms with Gasteiger partial charge in [-0.15, -0.1) is 0 Å². The molecule has 1 aliphatic rings. The van der Waals surface area contributed by atoms with Gasteiger partial charge in [-0.2, -0.15) is 0 Å². The molecular weight excluding hydrogens is 264 g/mol. The minimum Gasteiger partial charge on any atom is -0.0620 e. The smallest absolute Gasteiger partial charge is 0.0132 e. The summed E-state index contributed by atoms with van der Waals surface area (Å²) in [5, 5.41) is 0. The lowest BCUT2D eigenvalue weighted by atomic mass is 9.75. The molecule has 0 amide bonds. The molecule has 0 saturated carbocycles.